The molecular formula is C19H19FO4. The lowest BCUT2D eigenvalue weighted by Gasteiger charge is -2.14. The molecule has 0 atom stereocenters. The molecule has 0 aliphatic carbocycles. The van der Waals surface area contributed by atoms with Gasteiger partial charge < -0.3 is 14.2 Å². The van der Waals surface area contributed by atoms with E-state index in [0.29, 0.717) is 17.1 Å². The van der Waals surface area contributed by atoms with Gasteiger partial charge in [-0.1, -0.05) is 12.1 Å². The minimum atomic E-state index is -0.513. The number of hydrogen-bond acceptors (Lipinski definition) is 4. The molecule has 2 aromatic carbocycles. The maximum Gasteiger partial charge on any atom is 0.341 e. The summed E-state index contributed by atoms with van der Waals surface area (Å²) in [6, 6.07) is 9.48. The van der Waals surface area contributed by atoms with E-state index in [2.05, 4.69) is 0 Å². The predicted octanol–water partition coefficient (Wildman–Crippen LogP) is 4.40. The van der Waals surface area contributed by atoms with Gasteiger partial charge in [0.05, 0.1) is 20.5 Å². The van der Waals surface area contributed by atoms with Gasteiger partial charge in [-0.3, -0.25) is 0 Å². The molecule has 0 N–H and O–H groups in total. The van der Waals surface area contributed by atoms with Crippen molar-refractivity contribution in [3.8, 4) is 11.5 Å². The fourth-order valence-corrected chi connectivity index (χ4v) is 2.34. The van der Waals surface area contributed by atoms with E-state index >= 15 is 0 Å². The molecule has 0 aromatic heterocycles. The summed E-state index contributed by atoms with van der Waals surface area (Å²) in [5.41, 5.74) is 2.64. The van der Waals surface area contributed by atoms with Gasteiger partial charge in [0.2, 0.25) is 0 Å². The minimum absolute atomic E-state index is 0.279. The van der Waals surface area contributed by atoms with Crippen LogP contribution in [0.2, 0.25) is 0 Å². The summed E-state index contributed by atoms with van der Waals surface area (Å²) < 4.78 is 28.9. The molecule has 0 radical (unpaired) electrons. The van der Waals surface area contributed by atoms with Crippen LogP contribution < -0.4 is 4.74 Å². The van der Waals surface area contributed by atoms with Crippen LogP contribution in [0.25, 0.3) is 5.57 Å². The maximum absolute atomic E-state index is 13.3. The van der Waals surface area contributed by atoms with E-state index in [1.807, 2.05) is 19.9 Å². The monoisotopic (exact) mass is 330 g/mol. The highest BCUT2D eigenvalue weighted by Gasteiger charge is 2.18. The summed E-state index contributed by atoms with van der Waals surface area (Å²) in [5.74, 6) is 0.00266. The number of methoxy groups -OCH3 is 2. The summed E-state index contributed by atoms with van der Waals surface area (Å²) in [6.07, 6.45) is 1.33. The van der Waals surface area contributed by atoms with Crippen molar-refractivity contribution in [1.82, 2.24) is 0 Å². The fourth-order valence-electron chi connectivity index (χ4n) is 2.34. The van der Waals surface area contributed by atoms with Crippen LogP contribution in [-0.2, 0) is 14.3 Å². The van der Waals surface area contributed by atoms with Crippen LogP contribution in [0.1, 0.15) is 16.7 Å². The van der Waals surface area contributed by atoms with E-state index < -0.39 is 5.97 Å². The third-order valence-corrected chi connectivity index (χ3v) is 3.48. The normalized spacial score (nSPS) is 11.1. The summed E-state index contributed by atoms with van der Waals surface area (Å²) in [6.45, 7) is 3.75. The number of aryl methyl sites for hydroxylation is 2. The molecule has 126 valence electrons. The number of hydrogen-bond donors (Lipinski definition) is 0. The van der Waals surface area contributed by atoms with Crippen LogP contribution in [0.4, 0.5) is 4.39 Å². The zero-order chi connectivity index (χ0) is 17.7. The largest absolute Gasteiger partial charge is 0.503 e. The lowest BCUT2D eigenvalue weighted by molar-refractivity contribution is -0.133. The minimum Gasteiger partial charge on any atom is -0.503 e. The van der Waals surface area contributed by atoms with Gasteiger partial charge in [0.25, 0.3) is 0 Å². The van der Waals surface area contributed by atoms with Crippen molar-refractivity contribution in [1.29, 1.82) is 0 Å². The van der Waals surface area contributed by atoms with Gasteiger partial charge in [-0.15, -0.1) is 0 Å². The quantitative estimate of drug-likeness (QED) is 0.463. The average molecular weight is 330 g/mol. The van der Waals surface area contributed by atoms with Crippen molar-refractivity contribution in [2.75, 3.05) is 14.2 Å². The number of ether oxygens (including phenoxy) is 3. The van der Waals surface area contributed by atoms with E-state index in [1.165, 1.54) is 32.6 Å². The molecule has 0 aliphatic heterocycles. The zero-order valence-electron chi connectivity index (χ0n) is 14.1. The Balaban J connectivity index is 2.47. The van der Waals surface area contributed by atoms with Gasteiger partial charge in [-0.2, -0.15) is 0 Å². The molecule has 0 heterocycles. The second-order valence-corrected chi connectivity index (χ2v) is 5.25. The Hall–Kier alpha value is -2.82. The Morgan fingerprint density at radius 1 is 1.08 bits per heavy atom. The summed E-state index contributed by atoms with van der Waals surface area (Å²) in [5, 5.41) is 0. The van der Waals surface area contributed by atoms with E-state index in [9.17, 15) is 9.18 Å². The first-order valence-electron chi connectivity index (χ1n) is 7.32. The van der Waals surface area contributed by atoms with E-state index in [0.717, 1.165) is 11.1 Å². The van der Waals surface area contributed by atoms with Gasteiger partial charge >= 0.3 is 5.97 Å². The Labute approximate surface area is 140 Å². The maximum atomic E-state index is 13.3. The number of carbonyl (C=O) groups is 1. The Bertz CT molecular complexity index is 781. The topological polar surface area (TPSA) is 44.8 Å². The Morgan fingerprint density at radius 2 is 1.83 bits per heavy atom. The number of esters is 1. The SMILES string of the molecule is CO/C=C(/C(=O)OC)c1cc(Oc2cccc(F)c2)c(C)cc1C. The first kappa shape index (κ1) is 17.5. The highest BCUT2D eigenvalue weighted by atomic mass is 19.1. The van der Waals surface area contributed by atoms with Crippen LogP contribution in [-0.4, -0.2) is 20.2 Å². The third kappa shape index (κ3) is 3.93. The molecule has 0 spiro atoms. The highest BCUT2D eigenvalue weighted by molar-refractivity contribution is 6.16. The summed E-state index contributed by atoms with van der Waals surface area (Å²) in [4.78, 5) is 12.0. The number of rotatable bonds is 5. The lowest BCUT2D eigenvalue weighted by Crippen LogP contribution is -2.06. The van der Waals surface area contributed by atoms with Gasteiger partial charge in [0.15, 0.2) is 0 Å². The first-order chi connectivity index (χ1) is 11.5. The Morgan fingerprint density at radius 3 is 2.46 bits per heavy atom. The van der Waals surface area contributed by atoms with E-state index in [-0.39, 0.29) is 11.4 Å². The van der Waals surface area contributed by atoms with Crippen LogP contribution in [0.5, 0.6) is 11.5 Å². The molecule has 0 aliphatic rings. The molecule has 4 nitrogen and oxygen atoms in total. The fraction of sp³-hybridized carbons (Fsp3) is 0.211. The number of benzene rings is 2. The molecule has 24 heavy (non-hydrogen) atoms. The van der Waals surface area contributed by atoms with E-state index in [1.54, 1.807) is 18.2 Å². The smallest absolute Gasteiger partial charge is 0.341 e. The van der Waals surface area contributed by atoms with E-state index in [4.69, 9.17) is 14.2 Å². The first-order valence-corrected chi connectivity index (χ1v) is 7.32. The van der Waals surface area contributed by atoms with Crippen molar-refractivity contribution in [3.05, 3.63) is 65.2 Å². The van der Waals surface area contributed by atoms with Gasteiger partial charge in [0.1, 0.15) is 22.9 Å². The molecule has 2 rings (SSSR count). The van der Waals surface area contributed by atoms with Crippen LogP contribution in [0, 0.1) is 19.7 Å². The molecule has 0 saturated carbocycles. The van der Waals surface area contributed by atoms with Crippen molar-refractivity contribution in [2.45, 2.75) is 13.8 Å². The Kier molecular flexibility index (Phi) is 5.58. The van der Waals surface area contributed by atoms with Crippen molar-refractivity contribution in [3.63, 3.8) is 0 Å². The van der Waals surface area contributed by atoms with Crippen molar-refractivity contribution >= 4 is 11.5 Å². The molecule has 5 heteroatoms. The summed E-state index contributed by atoms with van der Waals surface area (Å²) in [7, 11) is 2.76. The van der Waals surface area contributed by atoms with Crippen molar-refractivity contribution in [2.24, 2.45) is 0 Å². The van der Waals surface area contributed by atoms with Crippen LogP contribution >= 0.6 is 0 Å². The van der Waals surface area contributed by atoms with Gasteiger partial charge in [-0.25, -0.2) is 9.18 Å². The molecule has 0 saturated heterocycles. The van der Waals surface area contributed by atoms with Crippen LogP contribution in [0.15, 0.2) is 42.7 Å². The molecule has 0 fully saturated rings. The standard InChI is InChI=1S/C19H19FO4/c1-12-8-13(2)18(24-15-7-5-6-14(20)9-15)10-16(12)17(11-22-3)19(21)23-4/h5-11H,1-4H3/b17-11+. The molecule has 0 amide bonds. The van der Waals surface area contributed by atoms with Gasteiger partial charge in [-0.05, 0) is 48.7 Å². The van der Waals surface area contributed by atoms with Crippen molar-refractivity contribution < 1.29 is 23.4 Å². The zero-order valence-corrected chi connectivity index (χ0v) is 14.1. The molecule has 2 aromatic rings. The van der Waals surface area contributed by atoms with Gasteiger partial charge in [0, 0.05) is 6.07 Å². The highest BCUT2D eigenvalue weighted by Crippen LogP contribution is 2.31. The van der Waals surface area contributed by atoms with Crippen LogP contribution in [0.3, 0.4) is 0 Å². The predicted molar refractivity (Wildman–Crippen MR) is 89.4 cm³/mol. The number of halogens is 1. The number of carbonyl (C=O) groups excluding carboxylic acids is 1. The lowest BCUT2D eigenvalue weighted by atomic mass is 9.98. The second-order valence-electron chi connectivity index (χ2n) is 5.25. The molecule has 0 unspecified atom stereocenters. The summed E-state index contributed by atoms with van der Waals surface area (Å²) >= 11 is 0. The third-order valence-electron chi connectivity index (χ3n) is 3.48. The average Bonchev–Trinajstić information content (AvgIpc) is 2.55. The molecular weight excluding hydrogens is 311 g/mol. The second kappa shape index (κ2) is 7.64. The molecule has 0 bridgehead atoms.